The smallest absolute Gasteiger partial charge is 0.325 e. The van der Waals surface area contributed by atoms with Crippen molar-refractivity contribution in [2.24, 2.45) is 0 Å². The average Bonchev–Trinajstić information content (AvgIpc) is 3.12. The number of nitrogens with one attached hydrogen (secondary N) is 1. The molecule has 3 rings (SSSR count). The quantitative estimate of drug-likeness (QED) is 0.684. The Morgan fingerprint density at radius 3 is 2.78 bits per heavy atom. The van der Waals surface area contributed by atoms with Crippen molar-refractivity contribution in [3.05, 3.63) is 53.7 Å². The number of hydrogen-bond acceptors (Lipinski definition) is 5. The first-order valence-electron chi connectivity index (χ1n) is 7.06. The summed E-state index contributed by atoms with van der Waals surface area (Å²) in [5, 5.41) is 2.58. The highest BCUT2D eigenvalue weighted by atomic mass is 16.3. The molecule has 7 nitrogen and oxygen atoms in total. The van der Waals surface area contributed by atoms with Crippen LogP contribution in [0.3, 0.4) is 0 Å². The highest BCUT2D eigenvalue weighted by molar-refractivity contribution is 6.11. The number of amides is 3. The number of pyridine rings is 1. The molecule has 1 N–H and O–H groups in total. The van der Waals surface area contributed by atoms with Gasteiger partial charge in [-0.1, -0.05) is 0 Å². The monoisotopic (exact) mass is 313 g/mol. The first kappa shape index (κ1) is 15.0. The second kappa shape index (κ2) is 5.35. The van der Waals surface area contributed by atoms with Gasteiger partial charge < -0.3 is 9.73 Å². The maximum Gasteiger partial charge on any atom is 0.325 e. The molecule has 3 heterocycles. The minimum absolute atomic E-state index is 0.323. The molecule has 1 fully saturated rings. The molecule has 2 aromatic heterocycles. The second-order valence-electron chi connectivity index (χ2n) is 5.48. The minimum Gasteiger partial charge on any atom is -0.466 e. The second-order valence-corrected chi connectivity index (χ2v) is 5.48. The third kappa shape index (κ3) is 2.40. The van der Waals surface area contributed by atoms with Gasteiger partial charge >= 0.3 is 6.03 Å². The van der Waals surface area contributed by atoms with Crippen LogP contribution in [-0.2, 0) is 10.3 Å². The lowest BCUT2D eigenvalue weighted by molar-refractivity contribution is -0.131. The van der Waals surface area contributed by atoms with Crippen molar-refractivity contribution < 1.29 is 18.8 Å². The fraction of sp³-hybridized carbons (Fsp3) is 0.250. The molecule has 0 aliphatic carbocycles. The van der Waals surface area contributed by atoms with Crippen LogP contribution in [0.5, 0.6) is 0 Å². The minimum atomic E-state index is -1.30. The summed E-state index contributed by atoms with van der Waals surface area (Å²) in [4.78, 5) is 42.0. The van der Waals surface area contributed by atoms with E-state index in [-0.39, 0.29) is 12.3 Å². The zero-order chi connectivity index (χ0) is 16.6. The lowest BCUT2D eigenvalue weighted by Crippen LogP contribution is -2.41. The van der Waals surface area contributed by atoms with E-state index in [9.17, 15) is 14.4 Å². The fourth-order valence-corrected chi connectivity index (χ4v) is 2.58. The van der Waals surface area contributed by atoms with E-state index in [0.717, 1.165) is 4.90 Å². The molecule has 0 aromatic carbocycles. The van der Waals surface area contributed by atoms with Crippen molar-refractivity contribution in [2.45, 2.75) is 19.4 Å². The number of ketones is 1. The van der Waals surface area contributed by atoms with Crippen LogP contribution in [0.15, 0.2) is 41.1 Å². The molecule has 2 aromatic rings. The summed E-state index contributed by atoms with van der Waals surface area (Å²) < 4.78 is 5.24. The van der Waals surface area contributed by atoms with Crippen molar-refractivity contribution in [1.82, 2.24) is 15.2 Å². The highest BCUT2D eigenvalue weighted by Gasteiger charge is 2.51. The lowest BCUT2D eigenvalue weighted by Gasteiger charge is -2.18. The van der Waals surface area contributed by atoms with Crippen LogP contribution in [0.2, 0.25) is 0 Å². The molecular formula is C16H15N3O4. The predicted molar refractivity (Wildman–Crippen MR) is 79.6 cm³/mol. The van der Waals surface area contributed by atoms with Crippen molar-refractivity contribution >= 4 is 17.7 Å². The number of urea groups is 1. The number of carbonyl (C=O) groups is 3. The number of carbonyl (C=O) groups excluding carboxylic acids is 3. The number of nitrogens with zero attached hydrogens (tertiary/aromatic N) is 2. The van der Waals surface area contributed by atoms with E-state index < -0.39 is 17.5 Å². The van der Waals surface area contributed by atoms with E-state index in [1.54, 1.807) is 44.3 Å². The van der Waals surface area contributed by atoms with Crippen LogP contribution in [0.4, 0.5) is 4.79 Å². The van der Waals surface area contributed by atoms with Crippen LogP contribution >= 0.6 is 0 Å². The standard InChI is InChI=1S/C16H15N3O4/c1-10-11(5-3-7-17-10)12(20)9-19-14(21)16(2,18-15(19)22)13-6-4-8-23-13/h3-8H,9H2,1-2H3,(H,18,22)/t16-/m1/s1. The Morgan fingerprint density at radius 1 is 1.35 bits per heavy atom. The van der Waals surface area contributed by atoms with Crippen LogP contribution in [0, 0.1) is 6.92 Å². The molecule has 23 heavy (non-hydrogen) atoms. The Labute approximate surface area is 132 Å². The molecule has 0 spiro atoms. The van der Waals surface area contributed by atoms with Gasteiger partial charge in [0.05, 0.1) is 12.8 Å². The van der Waals surface area contributed by atoms with Gasteiger partial charge in [-0.15, -0.1) is 0 Å². The Kier molecular flexibility index (Phi) is 3.48. The number of Topliss-reactive ketones (excluding diaryl/α,β-unsaturated/α-hetero) is 1. The predicted octanol–water partition coefficient (Wildman–Crippen LogP) is 1.63. The summed E-state index contributed by atoms with van der Waals surface area (Å²) >= 11 is 0. The molecule has 0 saturated carbocycles. The van der Waals surface area contributed by atoms with Crippen molar-refractivity contribution in [3.63, 3.8) is 0 Å². The first-order valence-corrected chi connectivity index (χ1v) is 7.06. The van der Waals surface area contributed by atoms with Crippen LogP contribution < -0.4 is 5.32 Å². The summed E-state index contributed by atoms with van der Waals surface area (Å²) in [6.07, 6.45) is 3.00. The summed E-state index contributed by atoms with van der Waals surface area (Å²) in [6.45, 7) is 2.91. The zero-order valence-electron chi connectivity index (χ0n) is 12.7. The van der Waals surface area contributed by atoms with Gasteiger partial charge in [-0.3, -0.25) is 19.5 Å². The molecule has 1 atom stereocenters. The molecule has 0 bridgehead atoms. The van der Waals surface area contributed by atoms with Gasteiger partial charge in [-0.05, 0) is 38.1 Å². The van der Waals surface area contributed by atoms with Gasteiger partial charge in [0.25, 0.3) is 5.91 Å². The average molecular weight is 313 g/mol. The molecule has 118 valence electrons. The molecular weight excluding hydrogens is 298 g/mol. The maximum atomic E-state index is 12.6. The third-order valence-electron chi connectivity index (χ3n) is 3.90. The highest BCUT2D eigenvalue weighted by Crippen LogP contribution is 2.29. The molecule has 1 aliphatic rings. The largest absolute Gasteiger partial charge is 0.466 e. The van der Waals surface area contributed by atoms with Gasteiger partial charge in [0.2, 0.25) is 0 Å². The van der Waals surface area contributed by atoms with Crippen molar-refractivity contribution in [3.8, 4) is 0 Å². The van der Waals surface area contributed by atoms with E-state index in [1.807, 2.05) is 0 Å². The van der Waals surface area contributed by atoms with Crippen LogP contribution in [-0.4, -0.2) is 34.2 Å². The molecule has 0 radical (unpaired) electrons. The maximum absolute atomic E-state index is 12.6. The van der Waals surface area contributed by atoms with Gasteiger partial charge in [0.1, 0.15) is 5.76 Å². The summed E-state index contributed by atoms with van der Waals surface area (Å²) in [5.74, 6) is -0.543. The Hall–Kier alpha value is -2.96. The van der Waals surface area contributed by atoms with Crippen LogP contribution in [0.25, 0.3) is 0 Å². The molecule has 7 heteroatoms. The number of imide groups is 1. The number of aromatic nitrogens is 1. The Balaban J connectivity index is 1.84. The number of rotatable bonds is 4. The number of aryl methyl sites for hydroxylation is 1. The molecule has 3 amide bonds. The SMILES string of the molecule is Cc1ncccc1C(=O)CN1C(=O)N[C@](C)(c2ccco2)C1=O. The van der Waals surface area contributed by atoms with Gasteiger partial charge in [-0.2, -0.15) is 0 Å². The van der Waals surface area contributed by atoms with Gasteiger partial charge in [0.15, 0.2) is 11.3 Å². The fourth-order valence-electron chi connectivity index (χ4n) is 2.58. The third-order valence-corrected chi connectivity index (χ3v) is 3.90. The van der Waals surface area contributed by atoms with Crippen LogP contribution in [0.1, 0.15) is 28.7 Å². The Bertz CT molecular complexity index is 784. The molecule has 1 saturated heterocycles. The summed E-state index contributed by atoms with van der Waals surface area (Å²) in [5.41, 5.74) is -0.358. The molecule has 1 aliphatic heterocycles. The van der Waals surface area contributed by atoms with E-state index >= 15 is 0 Å². The van der Waals surface area contributed by atoms with Crippen molar-refractivity contribution in [2.75, 3.05) is 6.54 Å². The summed E-state index contributed by atoms with van der Waals surface area (Å²) in [7, 11) is 0. The zero-order valence-corrected chi connectivity index (χ0v) is 12.7. The number of furan rings is 1. The normalized spacial score (nSPS) is 20.7. The lowest BCUT2D eigenvalue weighted by atomic mass is 9.99. The van der Waals surface area contributed by atoms with E-state index in [4.69, 9.17) is 4.42 Å². The van der Waals surface area contributed by atoms with Crippen molar-refractivity contribution in [1.29, 1.82) is 0 Å². The van der Waals surface area contributed by atoms with Gasteiger partial charge in [-0.25, -0.2) is 4.79 Å². The first-order chi connectivity index (χ1) is 10.9. The van der Waals surface area contributed by atoms with E-state index in [2.05, 4.69) is 10.3 Å². The van der Waals surface area contributed by atoms with Gasteiger partial charge in [0, 0.05) is 17.5 Å². The topological polar surface area (TPSA) is 92.5 Å². The van der Waals surface area contributed by atoms with E-state index in [0.29, 0.717) is 17.0 Å². The summed E-state index contributed by atoms with van der Waals surface area (Å²) in [6, 6.07) is 5.87. The number of hydrogen-bond donors (Lipinski definition) is 1. The Morgan fingerprint density at radius 2 is 2.13 bits per heavy atom. The molecule has 0 unspecified atom stereocenters. The van der Waals surface area contributed by atoms with E-state index in [1.165, 1.54) is 6.26 Å².